The van der Waals surface area contributed by atoms with Crippen LogP contribution in [0.1, 0.15) is 22.3 Å². The molecule has 3 atom stereocenters. The van der Waals surface area contributed by atoms with Crippen molar-refractivity contribution in [2.24, 2.45) is 0 Å². The molecule has 0 spiro atoms. The first-order valence-electron chi connectivity index (χ1n) is 13.2. The number of rotatable bonds is 16. The van der Waals surface area contributed by atoms with Gasteiger partial charge in [0.05, 0.1) is 26.4 Å². The van der Waals surface area contributed by atoms with Gasteiger partial charge in [-0.3, -0.25) is 0 Å². The van der Waals surface area contributed by atoms with Crippen molar-refractivity contribution in [2.45, 2.75) is 38.1 Å². The van der Waals surface area contributed by atoms with Crippen molar-refractivity contribution in [1.29, 1.82) is 0 Å². The maximum Gasteiger partial charge on any atom is 0.151 e. The molecule has 0 heterocycles. The van der Waals surface area contributed by atoms with E-state index in [1.54, 1.807) is 6.08 Å². The maximum atomic E-state index is 6.53. The van der Waals surface area contributed by atoms with Crippen LogP contribution in [0.25, 0.3) is 5.76 Å². The summed E-state index contributed by atoms with van der Waals surface area (Å²) in [6, 6.07) is 40.0. The van der Waals surface area contributed by atoms with Crippen LogP contribution in [0.4, 0.5) is 0 Å². The number of hydrogen-bond acceptors (Lipinski definition) is 4. The highest BCUT2D eigenvalue weighted by Crippen LogP contribution is 2.24. The quantitative estimate of drug-likeness (QED) is 0.113. The van der Waals surface area contributed by atoms with Gasteiger partial charge in [0.2, 0.25) is 0 Å². The molecule has 0 aliphatic carbocycles. The van der Waals surface area contributed by atoms with Crippen LogP contribution in [0, 0.1) is 0 Å². The molecular formula is C35H36O4. The van der Waals surface area contributed by atoms with E-state index in [9.17, 15) is 0 Å². The predicted octanol–water partition coefficient (Wildman–Crippen LogP) is 7.62. The van der Waals surface area contributed by atoms with E-state index in [1.165, 1.54) is 0 Å². The summed E-state index contributed by atoms with van der Waals surface area (Å²) >= 11 is 0. The second-order valence-corrected chi connectivity index (χ2v) is 9.20. The summed E-state index contributed by atoms with van der Waals surface area (Å²) in [6.07, 6.45) is 0.298. The van der Waals surface area contributed by atoms with Crippen LogP contribution in [0.15, 0.2) is 141 Å². The smallest absolute Gasteiger partial charge is 0.151 e. The van der Waals surface area contributed by atoms with Gasteiger partial charge < -0.3 is 18.9 Å². The first-order valence-corrected chi connectivity index (χ1v) is 13.2. The van der Waals surface area contributed by atoms with Crippen molar-refractivity contribution in [3.05, 3.63) is 163 Å². The van der Waals surface area contributed by atoms with Gasteiger partial charge in [0.25, 0.3) is 0 Å². The van der Waals surface area contributed by atoms with E-state index in [-0.39, 0.29) is 6.61 Å². The minimum Gasteiger partial charge on any atom is -0.485 e. The second kappa shape index (κ2) is 15.5. The predicted molar refractivity (Wildman–Crippen MR) is 157 cm³/mol. The Balaban J connectivity index is 1.56. The molecule has 0 N–H and O–H groups in total. The van der Waals surface area contributed by atoms with E-state index < -0.39 is 18.3 Å². The maximum absolute atomic E-state index is 6.53. The van der Waals surface area contributed by atoms with Crippen molar-refractivity contribution >= 4 is 5.76 Å². The standard InChI is InChI=1S/C35H36O4/c1-3-33(37-25-30-18-10-5-11-19-30)35(38-26-31-20-12-6-13-21-31)34(27-36-24-29-16-8-4-9-17-29)39-28(2)32-22-14-7-15-23-32/h3-23,33-35H,1-2,24-27H2/t33-,34-,35+/m1/s1. The molecule has 0 saturated heterocycles. The second-order valence-electron chi connectivity index (χ2n) is 9.20. The van der Waals surface area contributed by atoms with E-state index >= 15 is 0 Å². The molecule has 0 saturated carbocycles. The first kappa shape index (κ1) is 28.1. The Labute approximate surface area is 232 Å². The summed E-state index contributed by atoms with van der Waals surface area (Å²) in [5, 5.41) is 0. The first-order chi connectivity index (χ1) is 19.2. The van der Waals surface area contributed by atoms with E-state index in [4.69, 9.17) is 18.9 Å². The summed E-state index contributed by atoms with van der Waals surface area (Å²) in [6.45, 7) is 9.82. The van der Waals surface area contributed by atoms with Gasteiger partial charge in [-0.15, -0.1) is 6.58 Å². The van der Waals surface area contributed by atoms with E-state index in [0.29, 0.717) is 25.6 Å². The van der Waals surface area contributed by atoms with Gasteiger partial charge in [0.15, 0.2) is 6.10 Å². The monoisotopic (exact) mass is 520 g/mol. The van der Waals surface area contributed by atoms with Crippen LogP contribution in [0.3, 0.4) is 0 Å². The molecule has 0 aromatic heterocycles. The normalized spacial score (nSPS) is 13.2. The molecule has 4 aromatic rings. The highest BCUT2D eigenvalue weighted by Gasteiger charge is 2.32. The molecule has 0 radical (unpaired) electrons. The SMILES string of the molecule is C=C[C@@H](OCc1ccccc1)[C@H](OCc1ccccc1)[C@@H](COCc1ccccc1)OC(=C)c1ccccc1. The van der Waals surface area contributed by atoms with E-state index in [2.05, 4.69) is 13.2 Å². The van der Waals surface area contributed by atoms with Gasteiger partial charge in [0, 0.05) is 5.56 Å². The minimum atomic E-state index is -0.511. The molecule has 0 unspecified atom stereocenters. The van der Waals surface area contributed by atoms with Gasteiger partial charge in [-0.25, -0.2) is 0 Å². The summed E-state index contributed by atoms with van der Waals surface area (Å²) in [7, 11) is 0. The number of hydrogen-bond donors (Lipinski definition) is 0. The fourth-order valence-corrected chi connectivity index (χ4v) is 4.18. The minimum absolute atomic E-state index is 0.277. The molecule has 200 valence electrons. The lowest BCUT2D eigenvalue weighted by Gasteiger charge is -2.33. The van der Waals surface area contributed by atoms with E-state index in [1.807, 2.05) is 121 Å². The largest absolute Gasteiger partial charge is 0.485 e. The van der Waals surface area contributed by atoms with Gasteiger partial charge >= 0.3 is 0 Å². The zero-order valence-electron chi connectivity index (χ0n) is 22.2. The summed E-state index contributed by atoms with van der Waals surface area (Å²) in [5.41, 5.74) is 4.10. The third kappa shape index (κ3) is 9.08. The van der Waals surface area contributed by atoms with Crippen LogP contribution in [-0.4, -0.2) is 24.9 Å². The lowest BCUT2D eigenvalue weighted by atomic mass is 10.1. The molecule has 0 amide bonds. The molecule has 0 bridgehead atoms. The van der Waals surface area contributed by atoms with Crippen molar-refractivity contribution in [3.63, 3.8) is 0 Å². The third-order valence-electron chi connectivity index (χ3n) is 6.28. The van der Waals surface area contributed by atoms with Gasteiger partial charge in [-0.1, -0.05) is 134 Å². The molecule has 4 aromatic carbocycles. The zero-order chi connectivity index (χ0) is 27.1. The fourth-order valence-electron chi connectivity index (χ4n) is 4.18. The van der Waals surface area contributed by atoms with Gasteiger partial charge in [0.1, 0.15) is 18.0 Å². The zero-order valence-corrected chi connectivity index (χ0v) is 22.2. The Morgan fingerprint density at radius 1 is 0.615 bits per heavy atom. The van der Waals surface area contributed by atoms with Gasteiger partial charge in [-0.2, -0.15) is 0 Å². The topological polar surface area (TPSA) is 36.9 Å². The summed E-state index contributed by atoms with van der Waals surface area (Å²) in [5.74, 6) is 0.545. The van der Waals surface area contributed by atoms with Crippen LogP contribution in [0.2, 0.25) is 0 Å². The molecule has 0 fully saturated rings. The average molecular weight is 521 g/mol. The molecule has 4 nitrogen and oxygen atoms in total. The highest BCUT2D eigenvalue weighted by molar-refractivity contribution is 5.57. The Bertz CT molecular complexity index is 1240. The average Bonchev–Trinajstić information content (AvgIpc) is 3.00. The summed E-state index contributed by atoms with van der Waals surface area (Å²) < 4.78 is 25.5. The molecule has 39 heavy (non-hydrogen) atoms. The van der Waals surface area contributed by atoms with E-state index in [0.717, 1.165) is 22.3 Å². The van der Waals surface area contributed by atoms with Crippen molar-refractivity contribution in [1.82, 2.24) is 0 Å². The van der Waals surface area contributed by atoms with Crippen LogP contribution < -0.4 is 0 Å². The van der Waals surface area contributed by atoms with Crippen molar-refractivity contribution in [2.75, 3.05) is 6.61 Å². The number of benzene rings is 4. The van der Waals surface area contributed by atoms with Crippen LogP contribution >= 0.6 is 0 Å². The van der Waals surface area contributed by atoms with Crippen molar-refractivity contribution in [3.8, 4) is 0 Å². The van der Waals surface area contributed by atoms with Crippen LogP contribution in [-0.2, 0) is 38.8 Å². The molecule has 4 rings (SSSR count). The molecule has 0 aliphatic rings. The molecular weight excluding hydrogens is 484 g/mol. The Kier molecular flexibility index (Phi) is 11.1. The Morgan fingerprint density at radius 2 is 1.08 bits per heavy atom. The number of ether oxygens (including phenoxy) is 4. The van der Waals surface area contributed by atoms with Gasteiger partial charge in [-0.05, 0) is 16.7 Å². The lowest BCUT2D eigenvalue weighted by molar-refractivity contribution is -0.132. The van der Waals surface area contributed by atoms with Crippen molar-refractivity contribution < 1.29 is 18.9 Å². The summed E-state index contributed by atoms with van der Waals surface area (Å²) in [4.78, 5) is 0. The lowest BCUT2D eigenvalue weighted by Crippen LogP contribution is -2.44. The van der Waals surface area contributed by atoms with Crippen LogP contribution in [0.5, 0.6) is 0 Å². The Hall–Kier alpha value is -3.96. The molecule has 0 aliphatic heterocycles. The highest BCUT2D eigenvalue weighted by atomic mass is 16.6. The molecule has 4 heteroatoms. The fraction of sp³-hybridized carbons (Fsp3) is 0.200. The third-order valence-corrected chi connectivity index (χ3v) is 6.28. The Morgan fingerprint density at radius 3 is 1.59 bits per heavy atom.